The summed E-state index contributed by atoms with van der Waals surface area (Å²) in [6.07, 6.45) is 0. The SMILES string of the molecule is CCOC1=NN(c2ccc([N+](=O)[O-])cc2)C(=O)C1=C(C)C. The zero-order valence-electron chi connectivity index (χ0n) is 12.0. The molecule has 21 heavy (non-hydrogen) atoms. The Morgan fingerprint density at radius 2 is 1.95 bits per heavy atom. The maximum Gasteiger partial charge on any atom is 0.284 e. The second-order valence-electron chi connectivity index (χ2n) is 4.60. The third-order valence-corrected chi connectivity index (χ3v) is 2.90. The number of carbonyl (C=O) groups is 1. The summed E-state index contributed by atoms with van der Waals surface area (Å²) in [6.45, 7) is 5.82. The summed E-state index contributed by atoms with van der Waals surface area (Å²) in [7, 11) is 0. The number of benzene rings is 1. The van der Waals surface area contributed by atoms with Crippen molar-refractivity contribution in [3.8, 4) is 0 Å². The number of nitro groups is 1. The fourth-order valence-electron chi connectivity index (χ4n) is 1.94. The van der Waals surface area contributed by atoms with Gasteiger partial charge in [0.05, 0.1) is 17.2 Å². The summed E-state index contributed by atoms with van der Waals surface area (Å²) in [5.74, 6) is -0.0202. The Hall–Kier alpha value is -2.70. The molecule has 0 radical (unpaired) electrons. The molecule has 1 aliphatic rings. The van der Waals surface area contributed by atoms with E-state index in [-0.39, 0.29) is 17.5 Å². The van der Waals surface area contributed by atoms with E-state index in [0.29, 0.717) is 17.9 Å². The molecule has 1 aromatic rings. The van der Waals surface area contributed by atoms with Crippen LogP contribution < -0.4 is 5.01 Å². The molecule has 1 aliphatic heterocycles. The highest BCUT2D eigenvalue weighted by Gasteiger charge is 2.33. The van der Waals surface area contributed by atoms with E-state index in [1.54, 1.807) is 13.8 Å². The van der Waals surface area contributed by atoms with E-state index in [0.717, 1.165) is 5.57 Å². The van der Waals surface area contributed by atoms with Crippen LogP contribution in [0.3, 0.4) is 0 Å². The minimum Gasteiger partial charge on any atom is -0.476 e. The summed E-state index contributed by atoms with van der Waals surface area (Å²) in [5, 5.41) is 16.0. The van der Waals surface area contributed by atoms with Crippen molar-refractivity contribution in [2.24, 2.45) is 5.10 Å². The maximum atomic E-state index is 12.4. The van der Waals surface area contributed by atoms with Crippen LogP contribution in [0.25, 0.3) is 0 Å². The van der Waals surface area contributed by atoms with Gasteiger partial charge in [-0.15, -0.1) is 5.10 Å². The van der Waals surface area contributed by atoms with E-state index < -0.39 is 4.92 Å². The Bertz CT molecular complexity index is 643. The van der Waals surface area contributed by atoms with Gasteiger partial charge >= 0.3 is 0 Å². The first-order chi connectivity index (χ1) is 9.95. The third kappa shape index (κ3) is 2.76. The zero-order valence-corrected chi connectivity index (χ0v) is 12.0. The highest BCUT2D eigenvalue weighted by atomic mass is 16.6. The largest absolute Gasteiger partial charge is 0.476 e. The van der Waals surface area contributed by atoms with Gasteiger partial charge in [-0.3, -0.25) is 14.9 Å². The molecule has 0 bridgehead atoms. The quantitative estimate of drug-likeness (QED) is 0.486. The number of anilines is 1. The lowest BCUT2D eigenvalue weighted by Crippen LogP contribution is -2.22. The van der Waals surface area contributed by atoms with Crippen LogP contribution in [0.15, 0.2) is 40.5 Å². The van der Waals surface area contributed by atoms with Crippen molar-refractivity contribution in [1.29, 1.82) is 0 Å². The Morgan fingerprint density at radius 3 is 2.43 bits per heavy atom. The lowest BCUT2D eigenvalue weighted by atomic mass is 10.1. The number of allylic oxidation sites excluding steroid dienone is 1. The van der Waals surface area contributed by atoms with Gasteiger partial charge in [-0.25, -0.2) is 0 Å². The van der Waals surface area contributed by atoms with Crippen molar-refractivity contribution >= 4 is 23.2 Å². The van der Waals surface area contributed by atoms with Crippen LogP contribution in [0.5, 0.6) is 0 Å². The van der Waals surface area contributed by atoms with Crippen LogP contribution >= 0.6 is 0 Å². The van der Waals surface area contributed by atoms with Crippen LogP contribution in [0, 0.1) is 10.1 Å². The zero-order chi connectivity index (χ0) is 15.6. The van der Waals surface area contributed by atoms with E-state index in [1.807, 2.05) is 6.92 Å². The molecule has 0 N–H and O–H groups in total. The van der Waals surface area contributed by atoms with Gasteiger partial charge < -0.3 is 4.74 Å². The van der Waals surface area contributed by atoms with Crippen LogP contribution in [0.2, 0.25) is 0 Å². The monoisotopic (exact) mass is 289 g/mol. The molecule has 0 spiro atoms. The van der Waals surface area contributed by atoms with Crippen LogP contribution in [0.4, 0.5) is 11.4 Å². The summed E-state index contributed by atoms with van der Waals surface area (Å²) in [4.78, 5) is 22.5. The predicted molar refractivity (Wildman–Crippen MR) is 78.0 cm³/mol. The number of nitro benzene ring substituents is 1. The Morgan fingerprint density at radius 1 is 1.33 bits per heavy atom. The van der Waals surface area contributed by atoms with Crippen LogP contribution in [-0.4, -0.2) is 23.3 Å². The lowest BCUT2D eigenvalue weighted by molar-refractivity contribution is -0.384. The van der Waals surface area contributed by atoms with E-state index in [4.69, 9.17) is 4.74 Å². The second-order valence-corrected chi connectivity index (χ2v) is 4.60. The number of nitrogens with zero attached hydrogens (tertiary/aromatic N) is 3. The average Bonchev–Trinajstić information content (AvgIpc) is 2.76. The third-order valence-electron chi connectivity index (χ3n) is 2.90. The molecule has 1 amide bonds. The minimum absolute atomic E-state index is 0.0400. The summed E-state index contributed by atoms with van der Waals surface area (Å²) < 4.78 is 5.38. The molecule has 0 fully saturated rings. The first-order valence-corrected chi connectivity index (χ1v) is 6.43. The highest BCUT2D eigenvalue weighted by Crippen LogP contribution is 2.27. The van der Waals surface area contributed by atoms with Crippen molar-refractivity contribution in [1.82, 2.24) is 0 Å². The van der Waals surface area contributed by atoms with Gasteiger partial charge in [-0.2, -0.15) is 5.01 Å². The fourth-order valence-corrected chi connectivity index (χ4v) is 1.94. The lowest BCUT2D eigenvalue weighted by Gasteiger charge is -2.10. The number of amides is 1. The number of hydrogen-bond donors (Lipinski definition) is 0. The molecule has 110 valence electrons. The Balaban J connectivity index is 2.38. The molecule has 2 rings (SSSR count). The Kier molecular flexibility index (Phi) is 4.02. The van der Waals surface area contributed by atoms with Gasteiger partial charge in [-0.05, 0) is 32.9 Å². The molecule has 0 unspecified atom stereocenters. The first kappa shape index (κ1) is 14.7. The molecule has 1 heterocycles. The molecule has 0 saturated heterocycles. The summed E-state index contributed by atoms with van der Waals surface area (Å²) in [6, 6.07) is 5.63. The standard InChI is InChI=1S/C14H15N3O4/c1-4-21-13-12(9(2)3)14(18)16(15-13)10-5-7-11(8-6-10)17(19)20/h5-8H,4H2,1-3H3. The summed E-state index contributed by atoms with van der Waals surface area (Å²) >= 11 is 0. The van der Waals surface area contributed by atoms with Crippen molar-refractivity contribution < 1.29 is 14.5 Å². The van der Waals surface area contributed by atoms with Gasteiger partial charge in [0, 0.05) is 12.1 Å². The topological polar surface area (TPSA) is 85.0 Å². The van der Waals surface area contributed by atoms with Crippen LogP contribution in [-0.2, 0) is 9.53 Å². The van der Waals surface area contributed by atoms with E-state index in [9.17, 15) is 14.9 Å². The molecule has 0 aliphatic carbocycles. The van der Waals surface area contributed by atoms with Gasteiger partial charge in [0.1, 0.15) is 5.57 Å². The molecular formula is C14H15N3O4. The first-order valence-electron chi connectivity index (χ1n) is 6.43. The normalized spacial score (nSPS) is 14.2. The number of carbonyl (C=O) groups excluding carboxylic acids is 1. The van der Waals surface area contributed by atoms with Crippen LogP contribution in [0.1, 0.15) is 20.8 Å². The highest BCUT2D eigenvalue weighted by molar-refractivity contribution is 6.28. The molecule has 0 saturated carbocycles. The van der Waals surface area contributed by atoms with Crippen molar-refractivity contribution in [3.05, 3.63) is 45.5 Å². The molecule has 7 nitrogen and oxygen atoms in total. The smallest absolute Gasteiger partial charge is 0.284 e. The molecule has 0 aromatic heterocycles. The van der Waals surface area contributed by atoms with Crippen molar-refractivity contribution in [2.45, 2.75) is 20.8 Å². The minimum atomic E-state index is -0.494. The van der Waals surface area contributed by atoms with Gasteiger partial charge in [0.2, 0.25) is 5.90 Å². The molecule has 1 aromatic carbocycles. The number of hydrazone groups is 1. The molecular weight excluding hydrogens is 274 g/mol. The average molecular weight is 289 g/mol. The van der Waals surface area contributed by atoms with Gasteiger partial charge in [0.25, 0.3) is 11.6 Å². The number of non-ortho nitro benzene ring substituents is 1. The van der Waals surface area contributed by atoms with Gasteiger partial charge in [0.15, 0.2) is 0 Å². The molecule has 7 heteroatoms. The number of rotatable bonds is 3. The van der Waals surface area contributed by atoms with E-state index in [1.165, 1.54) is 29.3 Å². The van der Waals surface area contributed by atoms with E-state index in [2.05, 4.69) is 5.10 Å². The number of hydrogen-bond acceptors (Lipinski definition) is 5. The summed E-state index contributed by atoms with van der Waals surface area (Å²) in [5.41, 5.74) is 1.65. The van der Waals surface area contributed by atoms with Crippen molar-refractivity contribution in [3.63, 3.8) is 0 Å². The molecule has 0 atom stereocenters. The predicted octanol–water partition coefficient (Wildman–Crippen LogP) is 2.63. The second kappa shape index (κ2) is 5.74. The van der Waals surface area contributed by atoms with E-state index >= 15 is 0 Å². The van der Waals surface area contributed by atoms with Gasteiger partial charge in [-0.1, -0.05) is 5.57 Å². The van der Waals surface area contributed by atoms with Crippen molar-refractivity contribution in [2.75, 3.05) is 11.6 Å². The Labute approximate surface area is 121 Å². The fraction of sp³-hybridized carbons (Fsp3) is 0.286. The maximum absolute atomic E-state index is 12.4. The number of ether oxygens (including phenoxy) is 1.